The second-order valence-corrected chi connectivity index (χ2v) is 15.0. The predicted octanol–water partition coefficient (Wildman–Crippen LogP) is 2.21. The van der Waals surface area contributed by atoms with Crippen LogP contribution in [-0.2, 0) is 0 Å². The molecule has 1 rings (SSSR count). The average molecular weight is 353 g/mol. The van der Waals surface area contributed by atoms with Gasteiger partial charge in [0.2, 0.25) is 0 Å². The fourth-order valence-corrected chi connectivity index (χ4v) is 19.9. The van der Waals surface area contributed by atoms with Gasteiger partial charge < -0.3 is 0 Å². The van der Waals surface area contributed by atoms with Crippen molar-refractivity contribution in [1.82, 2.24) is 0 Å². The minimum absolute atomic E-state index is 0.0988. The van der Waals surface area contributed by atoms with Crippen LogP contribution in [0.25, 0.3) is 0 Å². The molecule has 2 unspecified atom stereocenters. The summed E-state index contributed by atoms with van der Waals surface area (Å²) in [7, 11) is 0. The van der Waals surface area contributed by atoms with Gasteiger partial charge in [-0.25, -0.2) is 0 Å². The Morgan fingerprint density at radius 2 is 2.00 bits per heavy atom. The predicted molar refractivity (Wildman–Crippen MR) is 51.1 cm³/mol. The zero-order valence-corrected chi connectivity index (χ0v) is 11.2. The van der Waals surface area contributed by atoms with Crippen LogP contribution in [0.5, 0.6) is 0 Å². The average Bonchev–Trinajstić information content (AvgIpc) is 2.14. The molecule has 1 radical (unpaired) electrons. The van der Waals surface area contributed by atoms with Gasteiger partial charge in [-0.15, -0.1) is 0 Å². The summed E-state index contributed by atoms with van der Waals surface area (Å²) >= 11 is 22.9. The molecule has 61 valence electrons. The zero-order chi connectivity index (χ0) is 7.72. The number of hydrogen-bond donors (Lipinski definition) is 0. The van der Waals surface area contributed by atoms with Gasteiger partial charge in [0.15, 0.2) is 0 Å². The van der Waals surface area contributed by atoms with Gasteiger partial charge in [0.05, 0.1) is 0 Å². The van der Waals surface area contributed by atoms with E-state index in [1.54, 1.807) is 0 Å². The normalized spacial score (nSPS) is 35.7. The van der Waals surface area contributed by atoms with Gasteiger partial charge in [0.25, 0.3) is 0 Å². The van der Waals surface area contributed by atoms with Gasteiger partial charge in [-0.1, -0.05) is 0 Å². The molecule has 0 spiro atoms. The molecule has 0 aromatic carbocycles. The van der Waals surface area contributed by atoms with E-state index < -0.39 is 13.9 Å². The van der Waals surface area contributed by atoms with Gasteiger partial charge >= 0.3 is 91.8 Å². The molecular weight excluding hydrogens is 348 g/mol. The van der Waals surface area contributed by atoms with Crippen molar-refractivity contribution in [1.29, 1.82) is 0 Å². The molecule has 2 atom stereocenters. The topological polar surface area (TPSA) is 0 Å². The summed E-state index contributed by atoms with van der Waals surface area (Å²) in [6.07, 6.45) is 0. The van der Waals surface area contributed by atoms with Crippen molar-refractivity contribution in [3.63, 3.8) is 0 Å². The third-order valence-electron chi connectivity index (χ3n) is 1.09. The van der Waals surface area contributed by atoms with Crippen LogP contribution in [0.1, 0.15) is 0 Å². The summed E-state index contributed by atoms with van der Waals surface area (Å²) in [5, 5.41) is 0. The maximum atomic E-state index is 5.99. The van der Waals surface area contributed by atoms with Gasteiger partial charge in [-0.05, 0) is 0 Å². The monoisotopic (exact) mass is 353 g/mol. The molecule has 10 heavy (non-hydrogen) atoms. The van der Waals surface area contributed by atoms with Crippen molar-refractivity contribution < 1.29 is 0 Å². The molecule has 6 heteroatoms. The van der Waals surface area contributed by atoms with E-state index >= 15 is 0 Å². The Balaban J connectivity index is 2.49. The summed E-state index contributed by atoms with van der Waals surface area (Å²) in [5.41, 5.74) is 0. The molecule has 0 aromatic heterocycles. The zero-order valence-electron chi connectivity index (χ0n) is 4.77. The van der Waals surface area contributed by atoms with Crippen LogP contribution in [0.15, 0.2) is 0 Å². The molecule has 0 aromatic rings. The Morgan fingerprint density at radius 3 is 2.20 bits per heavy atom. The van der Waals surface area contributed by atoms with Crippen molar-refractivity contribution in [2.45, 2.75) is 16.5 Å². The second-order valence-electron chi connectivity index (χ2n) is 1.72. The van der Waals surface area contributed by atoms with E-state index in [0.29, 0.717) is 15.0 Å². The van der Waals surface area contributed by atoms with Gasteiger partial charge in [0.1, 0.15) is 0 Å². The van der Waals surface area contributed by atoms with Crippen molar-refractivity contribution in [3.05, 3.63) is 0 Å². The number of rotatable bonds is 1. The van der Waals surface area contributed by atoms with Crippen LogP contribution in [-0.4, -0.2) is 41.1 Å². The minimum atomic E-state index is -0.983. The van der Waals surface area contributed by atoms with E-state index in [1.807, 2.05) is 0 Å². The van der Waals surface area contributed by atoms with E-state index in [0.717, 1.165) is 4.22 Å². The summed E-state index contributed by atoms with van der Waals surface area (Å²) in [6, 6.07) is 0. The number of halogens is 4. The van der Waals surface area contributed by atoms with E-state index in [-0.39, 0.29) is 12.3 Å². The molecular formula is C4H5Cl4Se2. The van der Waals surface area contributed by atoms with Crippen LogP contribution >= 0.6 is 46.4 Å². The number of hydrogen-bond acceptors (Lipinski definition) is 0. The SMILES string of the molecule is ClC1[Se]C[Se](C(Cl)Cl)C1Cl. The summed E-state index contributed by atoms with van der Waals surface area (Å²) in [5.74, 6) is 0. The third kappa shape index (κ3) is 2.34. The van der Waals surface area contributed by atoms with Gasteiger partial charge in [-0.3, -0.25) is 0 Å². The Morgan fingerprint density at radius 1 is 1.40 bits per heavy atom. The fraction of sp³-hybridized carbons (Fsp3) is 1.00. The van der Waals surface area contributed by atoms with Crippen molar-refractivity contribution >= 4 is 75.3 Å². The first-order valence-corrected chi connectivity index (χ1v) is 9.63. The molecule has 0 nitrogen and oxygen atoms in total. The Hall–Kier alpha value is 2.20. The van der Waals surface area contributed by atoms with Crippen LogP contribution in [0.3, 0.4) is 0 Å². The second kappa shape index (κ2) is 4.44. The van der Waals surface area contributed by atoms with Crippen molar-refractivity contribution in [2.24, 2.45) is 0 Å². The quantitative estimate of drug-likeness (QED) is 0.501. The van der Waals surface area contributed by atoms with Gasteiger partial charge in [0, 0.05) is 0 Å². The molecule has 0 bridgehead atoms. The van der Waals surface area contributed by atoms with Crippen molar-refractivity contribution in [2.75, 3.05) is 0 Å². The first kappa shape index (κ1) is 10.3. The number of alkyl halides is 4. The molecule has 0 saturated carbocycles. The van der Waals surface area contributed by atoms with E-state index in [9.17, 15) is 0 Å². The summed E-state index contributed by atoms with van der Waals surface area (Å²) in [4.78, 5) is 0. The Kier molecular flexibility index (Phi) is 4.56. The molecule has 0 amide bonds. The maximum absolute atomic E-state index is 5.99. The van der Waals surface area contributed by atoms with Crippen molar-refractivity contribution in [3.8, 4) is 0 Å². The van der Waals surface area contributed by atoms with E-state index in [2.05, 4.69) is 0 Å². The van der Waals surface area contributed by atoms with Gasteiger partial charge in [-0.2, -0.15) is 0 Å². The molecule has 1 aliphatic heterocycles. The van der Waals surface area contributed by atoms with Crippen LogP contribution in [0, 0.1) is 0 Å². The standard InChI is InChI=1S/C4H5Cl4Se2/c5-2-3(6)10(1-9-2)4(7)8/h2-4H,1H2. The first-order valence-electron chi connectivity index (χ1n) is 2.49. The summed E-state index contributed by atoms with van der Waals surface area (Å²) in [6.45, 7) is 0. The summed E-state index contributed by atoms with van der Waals surface area (Å²) < 4.78 is 1.17. The molecule has 1 saturated heterocycles. The van der Waals surface area contributed by atoms with E-state index in [4.69, 9.17) is 46.4 Å². The molecule has 0 N–H and O–H groups in total. The van der Waals surface area contributed by atoms with Crippen LogP contribution < -0.4 is 0 Å². The third-order valence-corrected chi connectivity index (χ3v) is 16.8. The molecule has 1 aliphatic rings. The van der Waals surface area contributed by atoms with Crippen LogP contribution in [0.2, 0.25) is 4.22 Å². The van der Waals surface area contributed by atoms with E-state index in [1.165, 1.54) is 0 Å². The molecule has 1 fully saturated rings. The first-order chi connectivity index (χ1) is 4.63. The van der Waals surface area contributed by atoms with Crippen LogP contribution in [0.4, 0.5) is 0 Å². The Bertz CT molecular complexity index is 120. The fourth-order valence-electron chi connectivity index (χ4n) is 0.571. The molecule has 1 heterocycles. The molecule has 0 aliphatic carbocycles. The Labute approximate surface area is 90.9 Å².